The first-order valence-electron chi connectivity index (χ1n) is 4.92. The zero-order chi connectivity index (χ0) is 12.3. The first-order valence-corrected chi connectivity index (χ1v) is 7.38. The van der Waals surface area contributed by atoms with Crippen LogP contribution in [0.1, 0.15) is 15.2 Å². The van der Waals surface area contributed by atoms with E-state index in [4.69, 9.17) is 0 Å². The van der Waals surface area contributed by atoms with E-state index in [-0.39, 0.29) is 5.91 Å². The summed E-state index contributed by atoms with van der Waals surface area (Å²) in [7, 11) is 0. The molecular formula is C12H9Br2NOS. The second-order valence-electron chi connectivity index (χ2n) is 3.42. The monoisotopic (exact) mass is 373 g/mol. The molecule has 0 atom stereocenters. The van der Waals surface area contributed by atoms with E-state index in [0.717, 1.165) is 13.8 Å². The Bertz CT molecular complexity index is 522. The lowest BCUT2D eigenvalue weighted by Gasteiger charge is -2.03. The van der Waals surface area contributed by atoms with E-state index in [9.17, 15) is 4.79 Å². The second-order valence-corrected chi connectivity index (χ2v) is 6.25. The Hall–Kier alpha value is -0.650. The van der Waals surface area contributed by atoms with E-state index < -0.39 is 0 Å². The third-order valence-corrected chi connectivity index (χ3v) is 4.38. The lowest BCUT2D eigenvalue weighted by atomic mass is 10.2. The van der Waals surface area contributed by atoms with Crippen LogP contribution >= 0.6 is 43.2 Å². The number of benzene rings is 1. The Morgan fingerprint density at radius 2 is 1.88 bits per heavy atom. The number of carbonyl (C=O) groups excluding carboxylic acids is 1. The fraction of sp³-hybridized carbons (Fsp3) is 0.0833. The van der Waals surface area contributed by atoms with Crippen molar-refractivity contribution in [2.45, 2.75) is 6.54 Å². The van der Waals surface area contributed by atoms with E-state index in [1.807, 2.05) is 23.6 Å². The molecule has 0 bridgehead atoms. The topological polar surface area (TPSA) is 29.1 Å². The van der Waals surface area contributed by atoms with E-state index >= 15 is 0 Å². The van der Waals surface area contributed by atoms with Gasteiger partial charge >= 0.3 is 0 Å². The summed E-state index contributed by atoms with van der Waals surface area (Å²) in [6, 6.07) is 9.31. The molecule has 2 aromatic rings. The number of thiophene rings is 1. The van der Waals surface area contributed by atoms with Gasteiger partial charge in [0.15, 0.2) is 0 Å². The molecule has 1 N–H and O–H groups in total. The molecular weight excluding hydrogens is 366 g/mol. The number of hydrogen-bond acceptors (Lipinski definition) is 2. The highest BCUT2D eigenvalue weighted by atomic mass is 79.9. The van der Waals surface area contributed by atoms with Gasteiger partial charge in [0.2, 0.25) is 0 Å². The minimum atomic E-state index is -0.0537. The van der Waals surface area contributed by atoms with Crippen LogP contribution < -0.4 is 5.32 Å². The van der Waals surface area contributed by atoms with Crippen molar-refractivity contribution in [2.75, 3.05) is 0 Å². The van der Waals surface area contributed by atoms with Crippen molar-refractivity contribution in [3.63, 3.8) is 0 Å². The van der Waals surface area contributed by atoms with Crippen LogP contribution in [-0.4, -0.2) is 5.91 Å². The maximum Gasteiger partial charge on any atom is 0.251 e. The quantitative estimate of drug-likeness (QED) is 0.856. The molecule has 1 aromatic carbocycles. The van der Waals surface area contributed by atoms with E-state index in [0.29, 0.717) is 12.1 Å². The van der Waals surface area contributed by atoms with Gasteiger partial charge in [-0.1, -0.05) is 15.9 Å². The van der Waals surface area contributed by atoms with Gasteiger partial charge in [0.25, 0.3) is 5.91 Å². The zero-order valence-electron chi connectivity index (χ0n) is 8.74. The van der Waals surface area contributed by atoms with E-state index in [1.165, 1.54) is 0 Å². The van der Waals surface area contributed by atoms with Crippen LogP contribution in [0.15, 0.2) is 44.7 Å². The van der Waals surface area contributed by atoms with Crippen LogP contribution in [-0.2, 0) is 6.54 Å². The minimum absolute atomic E-state index is 0.0537. The molecule has 0 radical (unpaired) electrons. The molecule has 0 aliphatic carbocycles. The van der Waals surface area contributed by atoms with Crippen molar-refractivity contribution in [3.05, 3.63) is 55.1 Å². The van der Waals surface area contributed by atoms with Crippen LogP contribution in [0.4, 0.5) is 0 Å². The molecule has 2 rings (SSSR count). The maximum absolute atomic E-state index is 11.8. The number of amides is 1. The van der Waals surface area contributed by atoms with Gasteiger partial charge in [0, 0.05) is 24.8 Å². The Morgan fingerprint density at radius 3 is 2.47 bits per heavy atom. The highest BCUT2D eigenvalue weighted by Gasteiger charge is 2.05. The third-order valence-electron chi connectivity index (χ3n) is 2.15. The summed E-state index contributed by atoms with van der Waals surface area (Å²) >= 11 is 8.34. The summed E-state index contributed by atoms with van der Waals surface area (Å²) in [5, 5.41) is 4.88. The molecule has 0 saturated heterocycles. The summed E-state index contributed by atoms with van der Waals surface area (Å²) in [4.78, 5) is 12.9. The molecule has 88 valence electrons. The van der Waals surface area contributed by atoms with Gasteiger partial charge in [-0.3, -0.25) is 4.79 Å². The normalized spacial score (nSPS) is 10.2. The van der Waals surface area contributed by atoms with Crippen LogP contribution in [0.3, 0.4) is 0 Å². The largest absolute Gasteiger partial charge is 0.347 e. The smallest absolute Gasteiger partial charge is 0.251 e. The summed E-state index contributed by atoms with van der Waals surface area (Å²) in [5.74, 6) is -0.0537. The summed E-state index contributed by atoms with van der Waals surface area (Å²) in [5.41, 5.74) is 0.670. The summed E-state index contributed by atoms with van der Waals surface area (Å²) in [6.07, 6.45) is 0. The Kier molecular flexibility index (Phi) is 4.36. The molecule has 0 unspecified atom stereocenters. The Balaban J connectivity index is 1.95. The number of halogens is 2. The first kappa shape index (κ1) is 12.8. The van der Waals surface area contributed by atoms with Gasteiger partial charge in [-0.2, -0.15) is 0 Å². The fourth-order valence-corrected chi connectivity index (χ4v) is 2.97. The Morgan fingerprint density at radius 1 is 1.18 bits per heavy atom. The highest BCUT2D eigenvalue weighted by Crippen LogP contribution is 2.19. The van der Waals surface area contributed by atoms with Crippen molar-refractivity contribution in [1.29, 1.82) is 0 Å². The molecule has 0 saturated carbocycles. The van der Waals surface area contributed by atoms with Crippen molar-refractivity contribution in [3.8, 4) is 0 Å². The molecule has 0 fully saturated rings. The second kappa shape index (κ2) is 5.80. The lowest BCUT2D eigenvalue weighted by molar-refractivity contribution is 0.0951. The predicted octanol–water partition coefficient (Wildman–Crippen LogP) is 4.20. The van der Waals surface area contributed by atoms with Crippen molar-refractivity contribution < 1.29 is 4.79 Å². The fourth-order valence-electron chi connectivity index (χ4n) is 1.32. The van der Waals surface area contributed by atoms with Crippen molar-refractivity contribution >= 4 is 49.1 Å². The molecule has 0 spiro atoms. The van der Waals surface area contributed by atoms with Crippen molar-refractivity contribution in [2.24, 2.45) is 0 Å². The molecule has 17 heavy (non-hydrogen) atoms. The number of nitrogens with one attached hydrogen (secondary N) is 1. The van der Waals surface area contributed by atoms with Gasteiger partial charge in [-0.05, 0) is 46.3 Å². The molecule has 1 heterocycles. The average Bonchev–Trinajstić information content (AvgIpc) is 2.73. The molecule has 1 aromatic heterocycles. The summed E-state index contributed by atoms with van der Waals surface area (Å²) in [6.45, 7) is 0.561. The highest BCUT2D eigenvalue weighted by molar-refractivity contribution is 9.10. The van der Waals surface area contributed by atoms with Gasteiger partial charge in [-0.15, -0.1) is 11.3 Å². The minimum Gasteiger partial charge on any atom is -0.347 e. The molecule has 2 nitrogen and oxygen atoms in total. The van der Waals surface area contributed by atoms with Crippen molar-refractivity contribution in [1.82, 2.24) is 5.32 Å². The molecule has 0 aliphatic rings. The summed E-state index contributed by atoms with van der Waals surface area (Å²) < 4.78 is 2.02. The SMILES string of the molecule is O=C(NCc1cc(Br)cs1)c1ccc(Br)cc1. The first-order chi connectivity index (χ1) is 8.15. The average molecular weight is 375 g/mol. The number of carbonyl (C=O) groups is 1. The molecule has 0 aliphatic heterocycles. The van der Waals surface area contributed by atoms with Crippen LogP contribution in [0, 0.1) is 0 Å². The zero-order valence-corrected chi connectivity index (χ0v) is 12.7. The van der Waals surface area contributed by atoms with E-state index in [1.54, 1.807) is 23.5 Å². The van der Waals surface area contributed by atoms with Gasteiger partial charge in [0.1, 0.15) is 0 Å². The van der Waals surface area contributed by atoms with E-state index in [2.05, 4.69) is 37.2 Å². The number of rotatable bonds is 3. The van der Waals surface area contributed by atoms with Crippen LogP contribution in [0.5, 0.6) is 0 Å². The maximum atomic E-state index is 11.8. The van der Waals surface area contributed by atoms with Crippen LogP contribution in [0.25, 0.3) is 0 Å². The van der Waals surface area contributed by atoms with Gasteiger partial charge in [-0.25, -0.2) is 0 Å². The lowest BCUT2D eigenvalue weighted by Crippen LogP contribution is -2.22. The molecule has 1 amide bonds. The molecule has 5 heteroatoms. The Labute approximate surface area is 120 Å². The van der Waals surface area contributed by atoms with Gasteiger partial charge in [0.05, 0.1) is 6.54 Å². The van der Waals surface area contributed by atoms with Crippen LogP contribution in [0.2, 0.25) is 0 Å². The number of hydrogen-bond donors (Lipinski definition) is 1. The predicted molar refractivity (Wildman–Crippen MR) is 77.3 cm³/mol. The standard InChI is InChI=1S/C12H9Br2NOS/c13-9-3-1-8(2-4-9)12(16)15-6-11-5-10(14)7-17-11/h1-5,7H,6H2,(H,15,16). The van der Waals surface area contributed by atoms with Gasteiger partial charge < -0.3 is 5.32 Å². The third kappa shape index (κ3) is 3.66.